The zero-order chi connectivity index (χ0) is 27.1. The maximum absolute atomic E-state index is 12.8. The minimum Gasteiger partial charge on any atom is -0.494 e. The molecule has 0 aliphatic heterocycles. The molecule has 10 heteroatoms. The summed E-state index contributed by atoms with van der Waals surface area (Å²) in [5.41, 5.74) is 3.53. The molecule has 4 aromatic rings. The highest BCUT2D eigenvalue weighted by Crippen LogP contribution is 2.32. The van der Waals surface area contributed by atoms with E-state index in [2.05, 4.69) is 26.1 Å². The maximum Gasteiger partial charge on any atom is 0.228 e. The first-order valence-corrected chi connectivity index (χ1v) is 12.9. The highest BCUT2D eigenvalue weighted by Gasteiger charge is 2.17. The molecular weight excluding hydrogens is 482 g/mol. The second-order valence-electron chi connectivity index (χ2n) is 9.70. The Balaban J connectivity index is 1.49. The Labute approximate surface area is 222 Å². The van der Waals surface area contributed by atoms with E-state index < -0.39 is 0 Å². The summed E-state index contributed by atoms with van der Waals surface area (Å²) in [4.78, 5) is 29.4. The Bertz CT molecular complexity index is 1420. The summed E-state index contributed by atoms with van der Waals surface area (Å²) in [5.74, 6) is 2.14. The number of methoxy groups -OCH3 is 1. The molecule has 0 aliphatic carbocycles. The molecule has 2 aromatic carbocycles. The summed E-state index contributed by atoms with van der Waals surface area (Å²) in [6.07, 6.45) is 2.51. The molecule has 2 heterocycles. The first-order chi connectivity index (χ1) is 18.4. The van der Waals surface area contributed by atoms with E-state index in [1.54, 1.807) is 7.11 Å². The van der Waals surface area contributed by atoms with Crippen LogP contribution >= 0.6 is 0 Å². The molecular formula is C28H35N7O3. The zero-order valence-corrected chi connectivity index (χ0v) is 22.4. The number of carbonyl (C=O) groups is 2. The van der Waals surface area contributed by atoms with Gasteiger partial charge in [0, 0.05) is 25.6 Å². The summed E-state index contributed by atoms with van der Waals surface area (Å²) >= 11 is 0. The zero-order valence-electron chi connectivity index (χ0n) is 22.4. The van der Waals surface area contributed by atoms with E-state index in [0.29, 0.717) is 59.7 Å². The van der Waals surface area contributed by atoms with Gasteiger partial charge in [0.15, 0.2) is 5.82 Å². The van der Waals surface area contributed by atoms with E-state index in [1.807, 2.05) is 67.6 Å². The molecule has 0 aliphatic rings. The quantitative estimate of drug-likeness (QED) is 0.242. The first-order valence-electron chi connectivity index (χ1n) is 12.9. The second-order valence-corrected chi connectivity index (χ2v) is 9.70. The number of carbonyl (C=O) groups excluding carboxylic acids is 2. The number of nitrogens with zero attached hydrogens (tertiary/aromatic N) is 4. The smallest absolute Gasteiger partial charge is 0.228 e. The number of hydrogen-bond acceptors (Lipinski definition) is 7. The summed E-state index contributed by atoms with van der Waals surface area (Å²) in [6.45, 7) is 7.26. The molecule has 38 heavy (non-hydrogen) atoms. The van der Waals surface area contributed by atoms with Crippen molar-refractivity contribution in [2.24, 2.45) is 5.92 Å². The molecule has 0 saturated heterocycles. The summed E-state index contributed by atoms with van der Waals surface area (Å²) in [5, 5.41) is 17.9. The highest BCUT2D eigenvalue weighted by molar-refractivity contribution is 5.97. The fraction of sp³-hybridized carbons (Fsp3) is 0.393. The van der Waals surface area contributed by atoms with Gasteiger partial charge in [-0.2, -0.15) is 0 Å². The Morgan fingerprint density at radius 1 is 1.03 bits per heavy atom. The Kier molecular flexibility index (Phi) is 8.73. The molecule has 0 atom stereocenters. The minimum atomic E-state index is -0.141. The van der Waals surface area contributed by atoms with Gasteiger partial charge in [0.05, 0.1) is 30.3 Å². The third-order valence-corrected chi connectivity index (χ3v) is 6.10. The number of benzene rings is 2. The van der Waals surface area contributed by atoms with Crippen LogP contribution < -0.4 is 20.7 Å². The van der Waals surface area contributed by atoms with Gasteiger partial charge >= 0.3 is 0 Å². The van der Waals surface area contributed by atoms with Crippen molar-refractivity contribution >= 4 is 40.0 Å². The van der Waals surface area contributed by atoms with Crippen molar-refractivity contribution in [3.8, 4) is 5.75 Å². The fourth-order valence-corrected chi connectivity index (χ4v) is 4.29. The predicted octanol–water partition coefficient (Wildman–Crippen LogP) is 4.13. The van der Waals surface area contributed by atoms with Crippen molar-refractivity contribution in [2.75, 3.05) is 30.8 Å². The van der Waals surface area contributed by atoms with E-state index in [4.69, 9.17) is 9.72 Å². The number of aromatic nitrogens is 4. The average Bonchev–Trinajstić information content (AvgIpc) is 3.28. The Hall–Kier alpha value is -4.21. The van der Waals surface area contributed by atoms with Crippen LogP contribution in [0.4, 0.5) is 11.5 Å². The summed E-state index contributed by atoms with van der Waals surface area (Å²) in [7, 11) is 1.57. The number of fused-ring (bicyclic) bond motifs is 3. The molecule has 2 amide bonds. The fourth-order valence-electron chi connectivity index (χ4n) is 4.29. The Morgan fingerprint density at radius 2 is 1.79 bits per heavy atom. The third kappa shape index (κ3) is 6.56. The number of unbranched alkanes of at least 4 members (excludes halogenated alkanes) is 1. The molecule has 3 N–H and O–H groups in total. The number of aryl methyl sites for hydroxylation is 1. The predicted molar refractivity (Wildman–Crippen MR) is 149 cm³/mol. The van der Waals surface area contributed by atoms with Crippen LogP contribution in [0.25, 0.3) is 16.7 Å². The van der Waals surface area contributed by atoms with Crippen molar-refractivity contribution in [3.05, 3.63) is 53.9 Å². The van der Waals surface area contributed by atoms with E-state index in [-0.39, 0.29) is 18.2 Å². The normalized spacial score (nSPS) is 11.2. The van der Waals surface area contributed by atoms with Gasteiger partial charge in [-0.3, -0.25) is 14.0 Å². The van der Waals surface area contributed by atoms with Crippen LogP contribution in [0.3, 0.4) is 0 Å². The van der Waals surface area contributed by atoms with Gasteiger partial charge in [-0.25, -0.2) is 4.98 Å². The second kappa shape index (κ2) is 12.4. The minimum absolute atomic E-state index is 0.0920. The molecule has 0 spiro atoms. The lowest BCUT2D eigenvalue weighted by atomic mass is 10.1. The highest BCUT2D eigenvalue weighted by atomic mass is 16.5. The SMILES string of the molecule is COc1cc2nc(NCCCCNC(=O)CC(C)C)c3nnc(C)n3c2cc1NC(=O)Cc1ccccc1. The van der Waals surface area contributed by atoms with Crippen LogP contribution in [-0.2, 0) is 16.0 Å². The number of nitrogens with one attached hydrogen (secondary N) is 3. The van der Waals surface area contributed by atoms with Crippen LogP contribution in [0, 0.1) is 12.8 Å². The number of ether oxygens (including phenoxy) is 1. The van der Waals surface area contributed by atoms with Gasteiger partial charge in [-0.05, 0) is 37.3 Å². The number of hydrogen-bond donors (Lipinski definition) is 3. The van der Waals surface area contributed by atoms with Gasteiger partial charge in [0.1, 0.15) is 11.6 Å². The van der Waals surface area contributed by atoms with Gasteiger partial charge in [0.2, 0.25) is 17.5 Å². The molecule has 10 nitrogen and oxygen atoms in total. The summed E-state index contributed by atoms with van der Waals surface area (Å²) < 4.78 is 7.51. The van der Waals surface area contributed by atoms with E-state index in [9.17, 15) is 9.59 Å². The van der Waals surface area contributed by atoms with Crippen LogP contribution in [-0.4, -0.2) is 51.6 Å². The largest absolute Gasteiger partial charge is 0.494 e. The van der Waals surface area contributed by atoms with Crippen molar-refractivity contribution < 1.29 is 14.3 Å². The van der Waals surface area contributed by atoms with Gasteiger partial charge < -0.3 is 20.7 Å². The van der Waals surface area contributed by atoms with E-state index in [0.717, 1.165) is 23.9 Å². The monoisotopic (exact) mass is 517 g/mol. The number of amides is 2. The molecule has 0 saturated carbocycles. The lowest BCUT2D eigenvalue weighted by Crippen LogP contribution is -2.25. The maximum atomic E-state index is 12.8. The standard InChI is InChI=1S/C28H35N7O3/c1-18(2)14-25(36)29-12-8-9-13-30-27-28-34-33-19(3)35(28)23-16-22(24(38-4)17-21(23)32-27)31-26(37)15-20-10-6-5-7-11-20/h5-7,10-11,16-18H,8-9,12-15H2,1-4H3,(H,29,36)(H,30,32)(H,31,37). The van der Waals surface area contributed by atoms with Crippen LogP contribution in [0.5, 0.6) is 5.75 Å². The lowest BCUT2D eigenvalue weighted by Gasteiger charge is -2.14. The Morgan fingerprint density at radius 3 is 2.53 bits per heavy atom. The van der Waals surface area contributed by atoms with Crippen molar-refractivity contribution in [1.29, 1.82) is 0 Å². The number of rotatable bonds is 12. The summed E-state index contributed by atoms with van der Waals surface area (Å²) in [6, 6.07) is 13.2. The molecule has 200 valence electrons. The molecule has 4 rings (SSSR count). The van der Waals surface area contributed by atoms with Crippen LogP contribution in [0.15, 0.2) is 42.5 Å². The lowest BCUT2D eigenvalue weighted by molar-refractivity contribution is -0.121. The van der Waals surface area contributed by atoms with Crippen molar-refractivity contribution in [3.63, 3.8) is 0 Å². The first kappa shape index (κ1) is 26.8. The van der Waals surface area contributed by atoms with Crippen molar-refractivity contribution in [2.45, 2.75) is 46.5 Å². The molecule has 2 aromatic heterocycles. The molecule has 0 bridgehead atoms. The molecule has 0 unspecified atom stereocenters. The topological polar surface area (TPSA) is 123 Å². The molecule has 0 radical (unpaired) electrons. The van der Waals surface area contributed by atoms with Gasteiger partial charge in [0.25, 0.3) is 0 Å². The van der Waals surface area contributed by atoms with Crippen LogP contribution in [0.1, 0.15) is 44.5 Å². The van der Waals surface area contributed by atoms with Gasteiger partial charge in [-0.1, -0.05) is 44.2 Å². The number of anilines is 2. The average molecular weight is 518 g/mol. The van der Waals surface area contributed by atoms with E-state index >= 15 is 0 Å². The molecule has 0 fully saturated rings. The van der Waals surface area contributed by atoms with E-state index in [1.165, 1.54) is 0 Å². The van der Waals surface area contributed by atoms with Crippen LogP contribution in [0.2, 0.25) is 0 Å². The van der Waals surface area contributed by atoms with Gasteiger partial charge in [-0.15, -0.1) is 10.2 Å². The third-order valence-electron chi connectivity index (χ3n) is 6.10. The van der Waals surface area contributed by atoms with Crippen molar-refractivity contribution in [1.82, 2.24) is 24.9 Å².